The third-order valence-electron chi connectivity index (χ3n) is 5.19. The number of hydrogen-bond donors (Lipinski definition) is 1. The summed E-state index contributed by atoms with van der Waals surface area (Å²) in [5, 5.41) is 0.212. The fraction of sp³-hybridized carbons (Fsp3) is 0.174. The fourth-order valence-corrected chi connectivity index (χ4v) is 4.87. The van der Waals surface area contributed by atoms with Crippen molar-refractivity contribution in [3.05, 3.63) is 89.4 Å². The van der Waals surface area contributed by atoms with Crippen LogP contribution in [0.5, 0.6) is 0 Å². The zero-order valence-corrected chi connectivity index (χ0v) is 18.3. The van der Waals surface area contributed by atoms with Crippen LogP contribution in [-0.4, -0.2) is 45.4 Å². The number of piperazine rings is 1. The average Bonchev–Trinajstić information content (AvgIpc) is 2.80. The summed E-state index contributed by atoms with van der Waals surface area (Å²) in [6.07, 6.45) is 0. The Morgan fingerprint density at radius 2 is 1.45 bits per heavy atom. The van der Waals surface area contributed by atoms with E-state index in [9.17, 15) is 13.2 Å². The van der Waals surface area contributed by atoms with Crippen LogP contribution in [0.2, 0.25) is 5.02 Å². The summed E-state index contributed by atoms with van der Waals surface area (Å²) in [7, 11) is -3.73. The maximum atomic E-state index is 13.0. The second-order valence-electron chi connectivity index (χ2n) is 7.23. The van der Waals surface area contributed by atoms with Gasteiger partial charge in [-0.15, -0.1) is 0 Å². The zero-order chi connectivity index (χ0) is 21.8. The summed E-state index contributed by atoms with van der Waals surface area (Å²) in [6, 6.07) is 22.8. The van der Waals surface area contributed by atoms with Gasteiger partial charge in [-0.2, -0.15) is 0 Å². The van der Waals surface area contributed by atoms with Gasteiger partial charge in [0.05, 0.1) is 21.2 Å². The molecule has 1 saturated heterocycles. The van der Waals surface area contributed by atoms with E-state index >= 15 is 0 Å². The molecule has 0 atom stereocenters. The van der Waals surface area contributed by atoms with Crippen LogP contribution < -0.4 is 9.62 Å². The molecule has 0 spiro atoms. The van der Waals surface area contributed by atoms with Gasteiger partial charge < -0.3 is 9.80 Å². The highest BCUT2D eigenvalue weighted by molar-refractivity contribution is 7.92. The molecule has 31 heavy (non-hydrogen) atoms. The van der Waals surface area contributed by atoms with E-state index in [1.165, 1.54) is 18.2 Å². The third kappa shape index (κ3) is 4.84. The number of halogens is 1. The lowest BCUT2D eigenvalue weighted by Gasteiger charge is -2.36. The fourth-order valence-electron chi connectivity index (χ4n) is 3.54. The summed E-state index contributed by atoms with van der Waals surface area (Å²) in [5.41, 5.74) is 1.81. The van der Waals surface area contributed by atoms with Crippen LogP contribution in [0.15, 0.2) is 83.8 Å². The van der Waals surface area contributed by atoms with Gasteiger partial charge in [-0.25, -0.2) is 8.42 Å². The molecule has 1 heterocycles. The molecule has 0 aromatic heterocycles. The second-order valence-corrected chi connectivity index (χ2v) is 9.32. The van der Waals surface area contributed by atoms with Crippen LogP contribution in [0.25, 0.3) is 0 Å². The Morgan fingerprint density at radius 1 is 0.839 bits per heavy atom. The van der Waals surface area contributed by atoms with Gasteiger partial charge in [0.15, 0.2) is 0 Å². The van der Waals surface area contributed by atoms with E-state index in [2.05, 4.69) is 21.8 Å². The summed E-state index contributed by atoms with van der Waals surface area (Å²) >= 11 is 6.35. The van der Waals surface area contributed by atoms with Crippen molar-refractivity contribution < 1.29 is 13.2 Å². The molecule has 8 heteroatoms. The minimum atomic E-state index is -3.73. The first-order chi connectivity index (χ1) is 14.9. The van der Waals surface area contributed by atoms with Crippen LogP contribution >= 0.6 is 11.6 Å². The molecule has 6 nitrogen and oxygen atoms in total. The molecule has 1 amide bonds. The minimum Gasteiger partial charge on any atom is -0.368 e. The van der Waals surface area contributed by atoms with E-state index in [1.54, 1.807) is 35.2 Å². The molecule has 0 unspecified atom stereocenters. The number of rotatable bonds is 5. The number of amides is 1. The number of anilines is 2. The van der Waals surface area contributed by atoms with Crippen LogP contribution in [0.3, 0.4) is 0 Å². The molecule has 1 aliphatic rings. The lowest BCUT2D eigenvalue weighted by Crippen LogP contribution is -2.48. The molecule has 1 fully saturated rings. The van der Waals surface area contributed by atoms with Gasteiger partial charge >= 0.3 is 0 Å². The maximum Gasteiger partial charge on any atom is 0.261 e. The van der Waals surface area contributed by atoms with Crippen LogP contribution in [0.4, 0.5) is 11.4 Å². The van der Waals surface area contributed by atoms with Crippen molar-refractivity contribution in [3.63, 3.8) is 0 Å². The van der Waals surface area contributed by atoms with Crippen molar-refractivity contribution in [2.45, 2.75) is 4.90 Å². The SMILES string of the molecule is O=C(c1ccc(NS(=O)(=O)c2ccccc2)cc1Cl)N1CCN(c2ccccc2)CC1. The number of hydrogen-bond acceptors (Lipinski definition) is 4. The predicted octanol–water partition coefficient (Wildman–Crippen LogP) is 4.10. The quantitative estimate of drug-likeness (QED) is 0.628. The lowest BCUT2D eigenvalue weighted by atomic mass is 10.1. The molecule has 0 saturated carbocycles. The molecule has 4 rings (SSSR count). The Kier molecular flexibility index (Phi) is 6.15. The largest absolute Gasteiger partial charge is 0.368 e. The van der Waals surface area contributed by atoms with Crippen molar-refractivity contribution in [2.75, 3.05) is 35.8 Å². The smallest absolute Gasteiger partial charge is 0.261 e. The van der Waals surface area contributed by atoms with E-state index < -0.39 is 10.0 Å². The number of para-hydroxylation sites is 1. The number of sulfonamides is 1. The summed E-state index contributed by atoms with van der Waals surface area (Å²) in [6.45, 7) is 2.66. The Balaban J connectivity index is 1.43. The van der Waals surface area contributed by atoms with Gasteiger partial charge in [0.2, 0.25) is 0 Å². The normalized spacial score (nSPS) is 14.4. The van der Waals surface area contributed by atoms with Crippen LogP contribution in [0.1, 0.15) is 10.4 Å². The van der Waals surface area contributed by atoms with Crippen LogP contribution in [-0.2, 0) is 10.0 Å². The number of carbonyl (C=O) groups is 1. The molecule has 3 aromatic carbocycles. The van der Waals surface area contributed by atoms with Gasteiger partial charge in [-0.05, 0) is 42.5 Å². The monoisotopic (exact) mass is 455 g/mol. The summed E-state index contributed by atoms with van der Waals surface area (Å²) in [5.74, 6) is -0.157. The topological polar surface area (TPSA) is 69.7 Å². The maximum absolute atomic E-state index is 13.0. The molecule has 3 aromatic rings. The molecule has 0 aliphatic carbocycles. The highest BCUT2D eigenvalue weighted by atomic mass is 35.5. The Morgan fingerprint density at radius 3 is 2.06 bits per heavy atom. The first kappa shape index (κ1) is 21.2. The first-order valence-corrected chi connectivity index (χ1v) is 11.8. The van der Waals surface area contributed by atoms with Crippen molar-refractivity contribution in [3.8, 4) is 0 Å². The summed E-state index contributed by atoms with van der Waals surface area (Å²) in [4.78, 5) is 17.1. The standard InChI is InChI=1S/C23H22ClN3O3S/c24-22-17-18(25-31(29,30)20-9-5-2-6-10-20)11-12-21(22)23(28)27-15-13-26(14-16-27)19-7-3-1-4-8-19/h1-12,17,25H,13-16H2. The Labute approximate surface area is 187 Å². The van der Waals surface area contributed by atoms with Crippen molar-refractivity contribution in [1.82, 2.24) is 4.90 Å². The molecule has 1 N–H and O–H groups in total. The molecular formula is C23H22ClN3O3S. The predicted molar refractivity (Wildman–Crippen MR) is 123 cm³/mol. The Hall–Kier alpha value is -3.03. The minimum absolute atomic E-state index is 0.155. The highest BCUT2D eigenvalue weighted by Crippen LogP contribution is 2.25. The lowest BCUT2D eigenvalue weighted by molar-refractivity contribution is 0.0747. The number of benzene rings is 3. The van der Waals surface area contributed by atoms with Gasteiger partial charge in [0.25, 0.3) is 15.9 Å². The first-order valence-electron chi connectivity index (χ1n) is 9.91. The number of nitrogens with one attached hydrogen (secondary N) is 1. The van der Waals surface area contributed by atoms with Gasteiger partial charge in [0.1, 0.15) is 0 Å². The molecular weight excluding hydrogens is 434 g/mol. The second kappa shape index (κ2) is 8.99. The van der Waals surface area contributed by atoms with E-state index in [4.69, 9.17) is 11.6 Å². The molecule has 0 bridgehead atoms. The Bertz CT molecular complexity index is 1160. The average molecular weight is 456 g/mol. The summed E-state index contributed by atoms with van der Waals surface area (Å²) < 4.78 is 27.5. The third-order valence-corrected chi connectivity index (χ3v) is 6.90. The van der Waals surface area contributed by atoms with Crippen molar-refractivity contribution in [2.24, 2.45) is 0 Å². The van der Waals surface area contributed by atoms with Gasteiger partial charge in [-0.3, -0.25) is 9.52 Å². The van der Waals surface area contributed by atoms with Crippen LogP contribution in [0, 0.1) is 0 Å². The van der Waals surface area contributed by atoms with E-state index in [-0.39, 0.29) is 15.8 Å². The van der Waals surface area contributed by atoms with Crippen molar-refractivity contribution in [1.29, 1.82) is 0 Å². The van der Waals surface area contributed by atoms with Gasteiger partial charge in [-0.1, -0.05) is 48.0 Å². The molecule has 0 radical (unpaired) electrons. The van der Waals surface area contributed by atoms with E-state index in [0.29, 0.717) is 24.3 Å². The van der Waals surface area contributed by atoms with E-state index in [1.807, 2.05) is 18.2 Å². The highest BCUT2D eigenvalue weighted by Gasteiger charge is 2.24. The van der Waals surface area contributed by atoms with Crippen molar-refractivity contribution >= 4 is 38.9 Å². The molecule has 160 valence electrons. The molecule has 1 aliphatic heterocycles. The van der Waals surface area contributed by atoms with E-state index in [0.717, 1.165) is 18.8 Å². The number of carbonyl (C=O) groups excluding carboxylic acids is 1. The van der Waals surface area contributed by atoms with Gasteiger partial charge in [0, 0.05) is 31.9 Å². The number of nitrogens with zero attached hydrogens (tertiary/aromatic N) is 2. The zero-order valence-electron chi connectivity index (χ0n) is 16.7.